The molecule has 3 heterocycles. The van der Waals surface area contributed by atoms with Crippen molar-refractivity contribution in [3.05, 3.63) is 185 Å². The first-order valence-corrected chi connectivity index (χ1v) is 19.9. The second kappa shape index (κ2) is 11.5. The lowest BCUT2D eigenvalue weighted by Crippen LogP contribution is -2.09. The van der Waals surface area contributed by atoms with Crippen LogP contribution in [0.15, 0.2) is 152 Å². The van der Waals surface area contributed by atoms with Gasteiger partial charge in [0.25, 0.3) is 0 Å². The van der Waals surface area contributed by atoms with Crippen LogP contribution in [0.3, 0.4) is 0 Å². The van der Waals surface area contributed by atoms with Crippen LogP contribution in [-0.4, -0.2) is 14.1 Å². The molecule has 1 aliphatic rings. The normalized spacial score (nSPS) is 12.8. The number of nitrogens with zero attached hydrogens (tertiary/aromatic N) is 3. The van der Waals surface area contributed by atoms with E-state index in [1.807, 2.05) is 17.7 Å². The van der Waals surface area contributed by atoms with Crippen molar-refractivity contribution >= 4 is 75.1 Å². The number of rotatable bonds is 3. The third-order valence-electron chi connectivity index (χ3n) is 12.1. The molecule has 3 aromatic heterocycles. The summed E-state index contributed by atoms with van der Waals surface area (Å²) in [4.78, 5) is 4.91. The molecule has 0 radical (unpaired) electrons. The van der Waals surface area contributed by atoms with E-state index in [2.05, 4.69) is 169 Å². The minimum atomic E-state index is 0.939. The van der Waals surface area contributed by atoms with Gasteiger partial charge in [-0.15, -0.1) is 11.3 Å². The van der Waals surface area contributed by atoms with Crippen LogP contribution in [0.25, 0.3) is 86.3 Å². The summed E-state index contributed by atoms with van der Waals surface area (Å²) < 4.78 is 7.38. The van der Waals surface area contributed by atoms with E-state index in [1.165, 1.54) is 103 Å². The second-order valence-corrected chi connectivity index (χ2v) is 16.4. The Labute approximate surface area is 322 Å². The maximum Gasteiger partial charge on any atom is 0.100 e. The summed E-state index contributed by atoms with van der Waals surface area (Å²) in [6, 6.07) is 54.3. The monoisotopic (exact) mass is 721 g/mol. The first-order valence-electron chi connectivity index (χ1n) is 19.1. The van der Waals surface area contributed by atoms with Gasteiger partial charge in [0.15, 0.2) is 0 Å². The van der Waals surface area contributed by atoms with Gasteiger partial charge in [0, 0.05) is 42.3 Å². The molecule has 3 nitrogen and oxygen atoms in total. The maximum atomic E-state index is 4.91. The number of thiophene rings is 1. The van der Waals surface area contributed by atoms with E-state index in [1.54, 1.807) is 0 Å². The molecular formula is C51H35N3S. The molecule has 0 spiro atoms. The van der Waals surface area contributed by atoms with Gasteiger partial charge in [-0.05, 0) is 124 Å². The molecule has 0 fully saturated rings. The highest BCUT2D eigenvalue weighted by Gasteiger charge is 2.21. The number of fused-ring (bicyclic) bond motifs is 10. The smallest absolute Gasteiger partial charge is 0.100 e. The zero-order valence-corrected chi connectivity index (χ0v) is 31.4. The minimum Gasteiger partial charge on any atom is -0.309 e. The maximum absolute atomic E-state index is 4.91. The van der Waals surface area contributed by atoms with Gasteiger partial charge in [-0.25, -0.2) is 4.98 Å². The highest BCUT2D eigenvalue weighted by atomic mass is 32.1. The van der Waals surface area contributed by atoms with Gasteiger partial charge in [0.05, 0.1) is 22.1 Å². The van der Waals surface area contributed by atoms with E-state index in [0.717, 1.165) is 29.6 Å². The number of benzene rings is 8. The average Bonchev–Trinajstić information content (AvgIpc) is 3.92. The van der Waals surface area contributed by atoms with Gasteiger partial charge < -0.3 is 4.57 Å². The quantitative estimate of drug-likeness (QED) is 0.178. The Balaban J connectivity index is 0.892. The van der Waals surface area contributed by atoms with E-state index in [9.17, 15) is 0 Å². The summed E-state index contributed by atoms with van der Waals surface area (Å²) in [7, 11) is 0. The average molecular weight is 722 g/mol. The van der Waals surface area contributed by atoms with Crippen molar-refractivity contribution in [2.75, 3.05) is 0 Å². The van der Waals surface area contributed by atoms with Crippen LogP contribution in [0.5, 0.6) is 0 Å². The predicted octanol–water partition coefficient (Wildman–Crippen LogP) is 13.4. The summed E-state index contributed by atoms with van der Waals surface area (Å²) in [6.45, 7) is 4.47. The molecule has 0 unspecified atom stereocenters. The van der Waals surface area contributed by atoms with Crippen molar-refractivity contribution in [3.63, 3.8) is 0 Å². The van der Waals surface area contributed by atoms with Gasteiger partial charge in [-0.3, -0.25) is 4.57 Å². The molecular weight excluding hydrogens is 687 g/mol. The van der Waals surface area contributed by atoms with E-state index in [0.29, 0.717) is 0 Å². The Morgan fingerprint density at radius 1 is 0.527 bits per heavy atom. The zero-order chi connectivity index (χ0) is 36.4. The molecule has 12 rings (SSSR count). The summed E-state index contributed by atoms with van der Waals surface area (Å²) in [5.74, 6) is 0. The third kappa shape index (κ3) is 4.58. The molecule has 8 aromatic carbocycles. The van der Waals surface area contributed by atoms with Gasteiger partial charge >= 0.3 is 0 Å². The first-order chi connectivity index (χ1) is 27.1. The molecule has 0 bridgehead atoms. The van der Waals surface area contributed by atoms with Crippen LogP contribution < -0.4 is 0 Å². The van der Waals surface area contributed by atoms with Crippen LogP contribution in [-0.2, 0) is 12.8 Å². The molecule has 55 heavy (non-hydrogen) atoms. The van der Waals surface area contributed by atoms with E-state index < -0.39 is 0 Å². The Bertz CT molecular complexity index is 3350. The highest BCUT2D eigenvalue weighted by Crippen LogP contribution is 2.41. The SMILES string of the molecule is Cc1cccc2c3cccc(C)c3n(-c3ccc4c(c3)Cc3cc5ccc(-n6cnc7cc(-c8cccc9c8sc8ccccc89)ccc76)cc5cc3C4)c12. The lowest BCUT2D eigenvalue weighted by molar-refractivity contribution is 0.996. The third-order valence-corrected chi connectivity index (χ3v) is 13.3. The molecule has 4 heteroatoms. The minimum absolute atomic E-state index is 0.939. The summed E-state index contributed by atoms with van der Waals surface area (Å²) >= 11 is 1.87. The molecule has 0 saturated heterocycles. The van der Waals surface area contributed by atoms with E-state index in [-0.39, 0.29) is 0 Å². The summed E-state index contributed by atoms with van der Waals surface area (Å²) in [6.07, 6.45) is 3.86. The molecule has 11 aromatic rings. The molecule has 0 atom stereocenters. The number of hydrogen-bond donors (Lipinski definition) is 0. The standard InChI is InChI=1S/C51H35N3S/c1-30-8-5-12-43-44-13-6-9-31(2)50(44)54(49(30)43)40-20-17-33-23-35-24-37-26-39(19-16-32(37)22-36(35)25-38(33)27-40)53-29-52-46-28-34(18-21-47(46)53)41-11-7-14-45-42-10-3-4-15-48(42)55-51(41)45/h3-22,24,26-29H,23,25H2,1-2H3. The molecule has 0 saturated carbocycles. The van der Waals surface area contributed by atoms with Gasteiger partial charge in [-0.1, -0.05) is 103 Å². The van der Waals surface area contributed by atoms with Crippen molar-refractivity contribution in [3.8, 4) is 22.5 Å². The number of aryl methyl sites for hydroxylation is 2. The van der Waals surface area contributed by atoms with Crippen LogP contribution in [0.2, 0.25) is 0 Å². The topological polar surface area (TPSA) is 22.8 Å². The molecule has 1 aliphatic carbocycles. The number of aromatic nitrogens is 3. The molecule has 0 N–H and O–H groups in total. The van der Waals surface area contributed by atoms with Gasteiger partial charge in [0.2, 0.25) is 0 Å². The van der Waals surface area contributed by atoms with Crippen molar-refractivity contribution in [1.29, 1.82) is 0 Å². The molecule has 260 valence electrons. The van der Waals surface area contributed by atoms with Gasteiger partial charge in [0.1, 0.15) is 6.33 Å². The second-order valence-electron chi connectivity index (χ2n) is 15.3. The van der Waals surface area contributed by atoms with Crippen LogP contribution in [0.4, 0.5) is 0 Å². The predicted molar refractivity (Wildman–Crippen MR) is 233 cm³/mol. The fourth-order valence-electron chi connectivity index (χ4n) is 9.43. The van der Waals surface area contributed by atoms with Crippen LogP contribution in [0.1, 0.15) is 33.4 Å². The fraction of sp³-hybridized carbons (Fsp3) is 0.0784. The van der Waals surface area contributed by atoms with Crippen molar-refractivity contribution < 1.29 is 0 Å². The highest BCUT2D eigenvalue weighted by molar-refractivity contribution is 7.26. The largest absolute Gasteiger partial charge is 0.309 e. The lowest BCUT2D eigenvalue weighted by atomic mass is 9.84. The number of hydrogen-bond acceptors (Lipinski definition) is 2. The van der Waals surface area contributed by atoms with E-state index >= 15 is 0 Å². The zero-order valence-electron chi connectivity index (χ0n) is 30.6. The van der Waals surface area contributed by atoms with Crippen molar-refractivity contribution in [1.82, 2.24) is 14.1 Å². The lowest BCUT2D eigenvalue weighted by Gasteiger charge is -2.22. The number of imidazole rings is 1. The summed E-state index contributed by atoms with van der Waals surface area (Å²) in [5.41, 5.74) is 17.9. The Kier molecular flexibility index (Phi) is 6.47. The Hall–Kier alpha value is -6.49. The van der Waals surface area contributed by atoms with Gasteiger partial charge in [-0.2, -0.15) is 0 Å². The Morgan fingerprint density at radius 3 is 2.05 bits per heavy atom. The van der Waals surface area contributed by atoms with Crippen molar-refractivity contribution in [2.45, 2.75) is 26.7 Å². The van der Waals surface area contributed by atoms with Crippen LogP contribution >= 0.6 is 11.3 Å². The van der Waals surface area contributed by atoms with Crippen molar-refractivity contribution in [2.24, 2.45) is 0 Å². The molecule has 0 aliphatic heterocycles. The summed E-state index contributed by atoms with van der Waals surface area (Å²) in [5, 5.41) is 7.83. The Morgan fingerprint density at radius 2 is 1.22 bits per heavy atom. The fourth-order valence-corrected chi connectivity index (χ4v) is 10.7. The first kappa shape index (κ1) is 30.9. The van der Waals surface area contributed by atoms with Crippen LogP contribution in [0, 0.1) is 13.8 Å². The van der Waals surface area contributed by atoms with E-state index in [4.69, 9.17) is 4.98 Å². The number of para-hydroxylation sites is 2. The molecule has 0 amide bonds.